The molecule has 118 valence electrons. The number of hydrogen-bond acceptors (Lipinski definition) is 3. The molecule has 0 atom stereocenters. The van der Waals surface area contributed by atoms with Gasteiger partial charge in [0.05, 0.1) is 16.6 Å². The van der Waals surface area contributed by atoms with Crippen molar-refractivity contribution >= 4 is 5.69 Å². The normalized spacial score (nSPS) is 12.6. The zero-order valence-corrected chi connectivity index (χ0v) is 9.43. The standard InChI is InChI=1S/C9H3F8NO3/c10-7(11)21-3-1-4(8(12,13)14)6(9(15,16)17)5(2-3)18(19)20/h1-2,7H. The van der Waals surface area contributed by atoms with Gasteiger partial charge in [0.2, 0.25) is 0 Å². The molecule has 0 saturated carbocycles. The second kappa shape index (κ2) is 5.33. The SMILES string of the molecule is O=[N+]([O-])c1cc(OC(F)F)cc(C(F)(F)F)c1C(F)(F)F. The van der Waals surface area contributed by atoms with E-state index in [1.54, 1.807) is 0 Å². The summed E-state index contributed by atoms with van der Waals surface area (Å²) in [5.74, 6) is -1.41. The van der Waals surface area contributed by atoms with Crippen LogP contribution in [-0.2, 0) is 12.4 Å². The highest BCUT2D eigenvalue weighted by Crippen LogP contribution is 2.46. The first-order valence-corrected chi connectivity index (χ1v) is 4.75. The number of nitrogens with zero attached hydrogens (tertiary/aromatic N) is 1. The molecule has 0 aromatic heterocycles. The second-order valence-corrected chi connectivity index (χ2v) is 3.50. The molecular formula is C9H3F8NO3. The molecule has 0 aliphatic carbocycles. The van der Waals surface area contributed by atoms with E-state index in [-0.39, 0.29) is 12.1 Å². The van der Waals surface area contributed by atoms with Gasteiger partial charge in [0.25, 0.3) is 5.69 Å². The van der Waals surface area contributed by atoms with Gasteiger partial charge in [-0.15, -0.1) is 0 Å². The molecule has 0 spiro atoms. The Hall–Kier alpha value is -2.14. The van der Waals surface area contributed by atoms with Crippen molar-refractivity contribution < 1.29 is 44.8 Å². The van der Waals surface area contributed by atoms with Crippen LogP contribution in [-0.4, -0.2) is 11.5 Å². The quantitative estimate of drug-likeness (QED) is 0.475. The van der Waals surface area contributed by atoms with Crippen LogP contribution in [0.4, 0.5) is 40.8 Å². The van der Waals surface area contributed by atoms with Crippen molar-refractivity contribution in [1.29, 1.82) is 0 Å². The third kappa shape index (κ3) is 3.92. The van der Waals surface area contributed by atoms with Crippen molar-refractivity contribution in [3.8, 4) is 5.75 Å². The monoisotopic (exact) mass is 325 g/mol. The van der Waals surface area contributed by atoms with Gasteiger partial charge in [-0.3, -0.25) is 10.1 Å². The maximum absolute atomic E-state index is 12.6. The van der Waals surface area contributed by atoms with Gasteiger partial charge in [-0.25, -0.2) is 0 Å². The van der Waals surface area contributed by atoms with Crippen molar-refractivity contribution in [2.24, 2.45) is 0 Å². The van der Waals surface area contributed by atoms with Crippen LogP contribution < -0.4 is 4.74 Å². The summed E-state index contributed by atoms with van der Waals surface area (Å²) in [4.78, 5) is 8.71. The van der Waals surface area contributed by atoms with E-state index in [0.717, 1.165) is 0 Å². The first kappa shape index (κ1) is 16.9. The van der Waals surface area contributed by atoms with Gasteiger partial charge in [-0.1, -0.05) is 0 Å². The van der Waals surface area contributed by atoms with E-state index in [9.17, 15) is 45.2 Å². The first-order valence-electron chi connectivity index (χ1n) is 4.75. The lowest BCUT2D eigenvalue weighted by Gasteiger charge is -2.17. The molecule has 0 saturated heterocycles. The number of benzene rings is 1. The highest BCUT2D eigenvalue weighted by atomic mass is 19.4. The lowest BCUT2D eigenvalue weighted by Crippen LogP contribution is -2.19. The molecule has 21 heavy (non-hydrogen) atoms. The largest absolute Gasteiger partial charge is 0.435 e. The molecule has 0 bridgehead atoms. The van der Waals surface area contributed by atoms with Gasteiger partial charge in [0, 0.05) is 0 Å². The average Bonchev–Trinajstić information content (AvgIpc) is 2.23. The molecule has 1 aromatic rings. The van der Waals surface area contributed by atoms with E-state index in [1.807, 2.05) is 0 Å². The minimum atomic E-state index is -5.71. The van der Waals surface area contributed by atoms with Crippen molar-refractivity contribution in [3.05, 3.63) is 33.4 Å². The molecule has 1 aromatic carbocycles. The fourth-order valence-corrected chi connectivity index (χ4v) is 1.44. The molecule has 12 heteroatoms. The third-order valence-electron chi connectivity index (χ3n) is 2.10. The smallest absolute Gasteiger partial charge is 0.423 e. The van der Waals surface area contributed by atoms with Crippen LogP contribution in [0.5, 0.6) is 5.75 Å². The Kier molecular flexibility index (Phi) is 4.29. The predicted molar refractivity (Wildman–Crippen MR) is 49.7 cm³/mol. The number of ether oxygens (including phenoxy) is 1. The first-order chi connectivity index (χ1) is 9.34. The van der Waals surface area contributed by atoms with Crippen LogP contribution in [0.2, 0.25) is 0 Å². The van der Waals surface area contributed by atoms with Crippen LogP contribution in [0.15, 0.2) is 12.1 Å². The van der Waals surface area contributed by atoms with E-state index in [2.05, 4.69) is 4.74 Å². The van der Waals surface area contributed by atoms with Gasteiger partial charge >= 0.3 is 19.0 Å². The lowest BCUT2D eigenvalue weighted by atomic mass is 10.0. The summed E-state index contributed by atoms with van der Waals surface area (Å²) < 4.78 is 103. The topological polar surface area (TPSA) is 52.4 Å². The molecule has 4 nitrogen and oxygen atoms in total. The maximum atomic E-state index is 12.6. The highest BCUT2D eigenvalue weighted by Gasteiger charge is 2.49. The molecule has 1 rings (SSSR count). The number of halogens is 8. The van der Waals surface area contributed by atoms with Crippen LogP contribution in [0, 0.1) is 10.1 Å². The van der Waals surface area contributed by atoms with Gasteiger partial charge in [-0.2, -0.15) is 35.1 Å². The van der Waals surface area contributed by atoms with Crippen LogP contribution in [0.1, 0.15) is 11.1 Å². The minimum Gasteiger partial charge on any atom is -0.435 e. The molecule has 0 N–H and O–H groups in total. The van der Waals surface area contributed by atoms with Crippen LogP contribution in [0.3, 0.4) is 0 Å². The molecule has 0 heterocycles. The highest BCUT2D eigenvalue weighted by molar-refractivity contribution is 5.53. The van der Waals surface area contributed by atoms with Gasteiger partial charge in [0.15, 0.2) is 0 Å². The van der Waals surface area contributed by atoms with E-state index < -0.39 is 46.5 Å². The van der Waals surface area contributed by atoms with Crippen molar-refractivity contribution in [3.63, 3.8) is 0 Å². The van der Waals surface area contributed by atoms with Gasteiger partial charge < -0.3 is 4.74 Å². The Balaban J connectivity index is 3.71. The summed E-state index contributed by atoms with van der Waals surface area (Å²) in [7, 11) is 0. The summed E-state index contributed by atoms with van der Waals surface area (Å²) in [6.07, 6.45) is -11.4. The Labute approximate surface area is 110 Å². The van der Waals surface area contributed by atoms with Crippen LogP contribution >= 0.6 is 0 Å². The zero-order valence-electron chi connectivity index (χ0n) is 9.43. The number of nitro groups is 1. The summed E-state index contributed by atoms with van der Waals surface area (Å²) in [6, 6.07) is -0.522. The number of hydrogen-bond donors (Lipinski definition) is 0. The Morgan fingerprint density at radius 2 is 1.57 bits per heavy atom. The minimum absolute atomic E-state index is 0.149. The van der Waals surface area contributed by atoms with Gasteiger partial charge in [-0.05, 0) is 6.07 Å². The summed E-state index contributed by atoms with van der Waals surface area (Å²) in [5, 5.41) is 10.5. The van der Waals surface area contributed by atoms with E-state index in [1.165, 1.54) is 0 Å². The predicted octanol–water partition coefficient (Wildman–Crippen LogP) is 4.23. The summed E-state index contributed by atoms with van der Waals surface area (Å²) in [6.45, 7) is -3.66. The lowest BCUT2D eigenvalue weighted by molar-refractivity contribution is -0.388. The van der Waals surface area contributed by atoms with E-state index in [0.29, 0.717) is 0 Å². The molecule has 0 amide bonds. The van der Waals surface area contributed by atoms with Gasteiger partial charge in [0.1, 0.15) is 11.3 Å². The number of nitro benzene ring substituents is 1. The van der Waals surface area contributed by atoms with E-state index >= 15 is 0 Å². The third-order valence-corrected chi connectivity index (χ3v) is 2.10. The van der Waals surface area contributed by atoms with Crippen LogP contribution in [0.25, 0.3) is 0 Å². The average molecular weight is 325 g/mol. The van der Waals surface area contributed by atoms with Crippen molar-refractivity contribution in [1.82, 2.24) is 0 Å². The molecular weight excluding hydrogens is 322 g/mol. The fourth-order valence-electron chi connectivity index (χ4n) is 1.44. The molecule has 0 unspecified atom stereocenters. The summed E-state index contributed by atoms with van der Waals surface area (Å²) in [5.41, 5.74) is -7.10. The Morgan fingerprint density at radius 1 is 1.05 bits per heavy atom. The number of alkyl halides is 8. The molecule has 0 aliphatic heterocycles. The molecule has 0 aliphatic rings. The zero-order chi connectivity index (χ0) is 16.6. The van der Waals surface area contributed by atoms with E-state index in [4.69, 9.17) is 0 Å². The summed E-state index contributed by atoms with van der Waals surface area (Å²) >= 11 is 0. The van der Waals surface area contributed by atoms with Crippen molar-refractivity contribution in [2.45, 2.75) is 19.0 Å². The van der Waals surface area contributed by atoms with Crippen molar-refractivity contribution in [2.75, 3.05) is 0 Å². The molecule has 0 radical (unpaired) electrons. The Morgan fingerprint density at radius 3 is 1.90 bits per heavy atom. The Bertz CT molecular complexity index is 551. The number of rotatable bonds is 3. The fraction of sp³-hybridized carbons (Fsp3) is 0.333. The molecule has 0 fully saturated rings. The second-order valence-electron chi connectivity index (χ2n) is 3.50. The maximum Gasteiger partial charge on any atom is 0.423 e.